The van der Waals surface area contributed by atoms with E-state index in [2.05, 4.69) is 4.98 Å². The molecule has 0 bridgehead atoms. The highest BCUT2D eigenvalue weighted by Gasteiger charge is 2.17. The highest BCUT2D eigenvalue weighted by Crippen LogP contribution is 2.28. The molecule has 0 atom stereocenters. The summed E-state index contributed by atoms with van der Waals surface area (Å²) < 4.78 is 18.2. The number of carbonyl (C=O) groups excluding carboxylic acids is 1. The first kappa shape index (κ1) is 16.1. The van der Waals surface area contributed by atoms with E-state index in [1.54, 1.807) is 50.6 Å². The van der Waals surface area contributed by atoms with Gasteiger partial charge in [-0.1, -0.05) is 6.07 Å². The lowest BCUT2D eigenvalue weighted by atomic mass is 10.2. The van der Waals surface area contributed by atoms with Crippen LogP contribution >= 0.6 is 11.3 Å². The third-order valence-corrected chi connectivity index (χ3v) is 4.46. The van der Waals surface area contributed by atoms with E-state index >= 15 is 0 Å². The topological polar surface area (TPSA) is 42.4 Å². The van der Waals surface area contributed by atoms with Crippen molar-refractivity contribution < 1.29 is 13.9 Å². The van der Waals surface area contributed by atoms with E-state index in [9.17, 15) is 9.18 Å². The molecule has 4 nitrogen and oxygen atoms in total. The first-order valence-corrected chi connectivity index (χ1v) is 8.10. The standard InChI is InChI=1S/C18H15FN2O2S/c1-21(17(22)13-4-3-5-15(10-13)23-2)18-20-16(11-24-18)12-6-8-14(19)9-7-12/h3-11H,1-2H3. The van der Waals surface area contributed by atoms with Gasteiger partial charge in [0, 0.05) is 23.6 Å². The number of ether oxygens (including phenoxy) is 1. The zero-order valence-corrected chi connectivity index (χ0v) is 14.0. The van der Waals surface area contributed by atoms with Crippen LogP contribution in [0.15, 0.2) is 53.9 Å². The summed E-state index contributed by atoms with van der Waals surface area (Å²) in [6.07, 6.45) is 0. The zero-order chi connectivity index (χ0) is 17.1. The van der Waals surface area contributed by atoms with Crippen molar-refractivity contribution in [1.82, 2.24) is 4.98 Å². The Morgan fingerprint density at radius 1 is 1.21 bits per heavy atom. The molecule has 24 heavy (non-hydrogen) atoms. The van der Waals surface area contributed by atoms with Crippen LogP contribution in [0.1, 0.15) is 10.4 Å². The van der Waals surface area contributed by atoms with Crippen molar-refractivity contribution in [3.05, 3.63) is 65.3 Å². The van der Waals surface area contributed by atoms with E-state index in [1.165, 1.54) is 28.4 Å². The third kappa shape index (κ3) is 3.28. The van der Waals surface area contributed by atoms with Crippen LogP contribution in [-0.4, -0.2) is 25.0 Å². The second kappa shape index (κ2) is 6.80. The van der Waals surface area contributed by atoms with Gasteiger partial charge in [0.25, 0.3) is 5.91 Å². The fourth-order valence-corrected chi connectivity index (χ4v) is 3.01. The Morgan fingerprint density at radius 3 is 2.67 bits per heavy atom. The van der Waals surface area contributed by atoms with Gasteiger partial charge in [-0.2, -0.15) is 0 Å². The molecule has 3 aromatic rings. The molecule has 0 saturated heterocycles. The Hall–Kier alpha value is -2.73. The fourth-order valence-electron chi connectivity index (χ4n) is 2.21. The second-order valence-corrected chi connectivity index (χ2v) is 5.95. The number of nitrogens with zero attached hydrogens (tertiary/aromatic N) is 2. The molecular weight excluding hydrogens is 327 g/mol. The summed E-state index contributed by atoms with van der Waals surface area (Å²) in [4.78, 5) is 18.6. The smallest absolute Gasteiger partial charge is 0.259 e. The van der Waals surface area contributed by atoms with Crippen LogP contribution in [0.25, 0.3) is 11.3 Å². The number of halogens is 1. The van der Waals surface area contributed by atoms with Gasteiger partial charge in [-0.25, -0.2) is 9.37 Å². The van der Waals surface area contributed by atoms with E-state index in [1.807, 2.05) is 5.38 Å². The molecule has 0 N–H and O–H groups in total. The maximum absolute atomic E-state index is 13.0. The van der Waals surface area contributed by atoms with E-state index in [-0.39, 0.29) is 11.7 Å². The Morgan fingerprint density at radius 2 is 1.96 bits per heavy atom. The number of methoxy groups -OCH3 is 1. The van der Waals surface area contributed by atoms with Gasteiger partial charge in [-0.05, 0) is 42.5 Å². The summed E-state index contributed by atoms with van der Waals surface area (Å²) in [5.74, 6) is 0.161. The minimum absolute atomic E-state index is 0.172. The highest BCUT2D eigenvalue weighted by atomic mass is 32.1. The van der Waals surface area contributed by atoms with E-state index in [0.29, 0.717) is 22.1 Å². The zero-order valence-electron chi connectivity index (χ0n) is 13.2. The maximum atomic E-state index is 13.0. The number of aromatic nitrogens is 1. The predicted molar refractivity (Wildman–Crippen MR) is 93.2 cm³/mol. The van der Waals surface area contributed by atoms with Crippen LogP contribution in [0.5, 0.6) is 5.75 Å². The minimum atomic E-state index is -0.292. The highest BCUT2D eigenvalue weighted by molar-refractivity contribution is 7.14. The number of carbonyl (C=O) groups is 1. The molecule has 0 aliphatic rings. The van der Waals surface area contributed by atoms with Gasteiger partial charge in [-0.3, -0.25) is 9.69 Å². The average Bonchev–Trinajstić information content (AvgIpc) is 3.11. The van der Waals surface area contributed by atoms with Gasteiger partial charge in [0.2, 0.25) is 0 Å². The van der Waals surface area contributed by atoms with Crippen molar-refractivity contribution >= 4 is 22.4 Å². The molecule has 0 saturated carbocycles. The van der Waals surface area contributed by atoms with Crippen LogP contribution in [0, 0.1) is 5.82 Å². The van der Waals surface area contributed by atoms with Gasteiger partial charge < -0.3 is 4.74 Å². The molecule has 0 fully saturated rings. The first-order chi connectivity index (χ1) is 11.6. The average molecular weight is 342 g/mol. The van der Waals surface area contributed by atoms with Crippen LogP contribution in [-0.2, 0) is 0 Å². The molecule has 1 heterocycles. The molecule has 0 spiro atoms. The number of hydrogen-bond acceptors (Lipinski definition) is 4. The van der Waals surface area contributed by atoms with E-state index in [4.69, 9.17) is 4.74 Å². The minimum Gasteiger partial charge on any atom is -0.497 e. The lowest BCUT2D eigenvalue weighted by Gasteiger charge is -2.14. The molecule has 3 rings (SSSR count). The summed E-state index contributed by atoms with van der Waals surface area (Å²) in [6, 6.07) is 13.1. The third-order valence-electron chi connectivity index (χ3n) is 3.54. The van der Waals surface area contributed by atoms with Gasteiger partial charge in [0.1, 0.15) is 11.6 Å². The summed E-state index contributed by atoms with van der Waals surface area (Å²) in [5.41, 5.74) is 2.04. The summed E-state index contributed by atoms with van der Waals surface area (Å²) in [5, 5.41) is 2.42. The Balaban J connectivity index is 1.83. The van der Waals surface area contributed by atoms with Crippen LogP contribution in [0.4, 0.5) is 9.52 Å². The number of hydrogen-bond donors (Lipinski definition) is 0. The van der Waals surface area contributed by atoms with Crippen molar-refractivity contribution in [3.63, 3.8) is 0 Å². The van der Waals surface area contributed by atoms with Gasteiger partial charge in [0.05, 0.1) is 12.8 Å². The lowest BCUT2D eigenvalue weighted by Crippen LogP contribution is -2.26. The Bertz CT molecular complexity index is 861. The van der Waals surface area contributed by atoms with Crippen molar-refractivity contribution in [2.24, 2.45) is 0 Å². The van der Waals surface area contributed by atoms with Gasteiger partial charge in [0.15, 0.2) is 5.13 Å². The number of rotatable bonds is 4. The molecule has 0 radical (unpaired) electrons. The molecule has 1 amide bonds. The van der Waals surface area contributed by atoms with Gasteiger partial charge in [-0.15, -0.1) is 11.3 Å². The SMILES string of the molecule is COc1cccc(C(=O)N(C)c2nc(-c3ccc(F)cc3)cs2)c1. The molecule has 2 aromatic carbocycles. The number of benzene rings is 2. The van der Waals surface area contributed by atoms with Crippen molar-refractivity contribution in [3.8, 4) is 17.0 Å². The number of amides is 1. The van der Waals surface area contributed by atoms with Crippen molar-refractivity contribution in [2.75, 3.05) is 19.1 Å². The van der Waals surface area contributed by atoms with Gasteiger partial charge >= 0.3 is 0 Å². The summed E-state index contributed by atoms with van der Waals surface area (Å²) in [6.45, 7) is 0. The van der Waals surface area contributed by atoms with Crippen LogP contribution < -0.4 is 9.64 Å². The molecule has 1 aromatic heterocycles. The summed E-state index contributed by atoms with van der Waals surface area (Å²) >= 11 is 1.36. The molecule has 0 aliphatic heterocycles. The largest absolute Gasteiger partial charge is 0.497 e. The number of thiazole rings is 1. The predicted octanol–water partition coefficient (Wildman–Crippen LogP) is 4.23. The Labute approximate surface area is 143 Å². The van der Waals surface area contributed by atoms with Crippen LogP contribution in [0.3, 0.4) is 0 Å². The van der Waals surface area contributed by atoms with Crippen LogP contribution in [0.2, 0.25) is 0 Å². The second-order valence-electron chi connectivity index (χ2n) is 5.12. The molecule has 122 valence electrons. The lowest BCUT2D eigenvalue weighted by molar-refractivity contribution is 0.0992. The fraction of sp³-hybridized carbons (Fsp3) is 0.111. The molecular formula is C18H15FN2O2S. The molecule has 0 unspecified atom stereocenters. The normalized spacial score (nSPS) is 10.5. The van der Waals surface area contributed by atoms with Crippen molar-refractivity contribution in [1.29, 1.82) is 0 Å². The summed E-state index contributed by atoms with van der Waals surface area (Å²) in [7, 11) is 3.23. The maximum Gasteiger partial charge on any atom is 0.259 e. The van der Waals surface area contributed by atoms with E-state index < -0.39 is 0 Å². The Kier molecular flexibility index (Phi) is 4.57. The molecule has 6 heteroatoms. The monoisotopic (exact) mass is 342 g/mol. The molecule has 0 aliphatic carbocycles. The first-order valence-electron chi connectivity index (χ1n) is 7.22. The number of anilines is 1. The quantitative estimate of drug-likeness (QED) is 0.712. The van der Waals surface area contributed by atoms with Crippen molar-refractivity contribution in [2.45, 2.75) is 0 Å². The van der Waals surface area contributed by atoms with E-state index in [0.717, 1.165) is 5.56 Å².